The molecule has 2 aromatic carbocycles. The summed E-state index contributed by atoms with van der Waals surface area (Å²) in [6.07, 6.45) is 4.63. The SMILES string of the molecule is CCOCC(CC)CCCC(COCC)[CH2][Al]([O]c1ccccc1C(C)(C)C)[O]c1ccccc1C(C)(C)C. The molecule has 4 nitrogen and oxygen atoms in total. The fourth-order valence-corrected chi connectivity index (χ4v) is 7.13. The average molecular weight is 555 g/mol. The molecule has 0 amide bonds. The van der Waals surface area contributed by atoms with Crippen LogP contribution in [0.4, 0.5) is 0 Å². The summed E-state index contributed by atoms with van der Waals surface area (Å²) >= 11 is -2.19. The minimum absolute atomic E-state index is 0.0146. The van der Waals surface area contributed by atoms with Gasteiger partial charge in [0.1, 0.15) is 0 Å². The van der Waals surface area contributed by atoms with Crippen LogP contribution in [0.3, 0.4) is 0 Å². The second-order valence-electron chi connectivity index (χ2n) is 12.8. The molecule has 0 fully saturated rings. The van der Waals surface area contributed by atoms with Crippen LogP contribution in [0.25, 0.3) is 0 Å². The summed E-state index contributed by atoms with van der Waals surface area (Å²) in [7, 11) is 0. The van der Waals surface area contributed by atoms with Crippen molar-refractivity contribution in [1.82, 2.24) is 0 Å². The molecule has 2 rings (SSSR count). The molecule has 0 spiro atoms. The first kappa shape index (κ1) is 33.7. The Labute approximate surface area is 244 Å². The molecule has 0 radical (unpaired) electrons. The Morgan fingerprint density at radius 2 is 1.08 bits per heavy atom. The van der Waals surface area contributed by atoms with E-state index < -0.39 is 14.8 Å². The predicted molar refractivity (Wildman–Crippen MR) is 166 cm³/mol. The highest BCUT2D eigenvalue weighted by Gasteiger charge is 2.38. The number of benzene rings is 2. The van der Waals surface area contributed by atoms with Crippen LogP contribution in [0.2, 0.25) is 5.28 Å². The van der Waals surface area contributed by atoms with E-state index >= 15 is 0 Å². The predicted octanol–water partition coefficient (Wildman–Crippen LogP) is 9.11. The molecule has 2 unspecified atom stereocenters. The first-order chi connectivity index (χ1) is 18.5. The van der Waals surface area contributed by atoms with Crippen LogP contribution in [0.5, 0.6) is 11.5 Å². The van der Waals surface area contributed by atoms with E-state index in [1.807, 2.05) is 0 Å². The summed E-state index contributed by atoms with van der Waals surface area (Å²) in [4.78, 5) is 0. The van der Waals surface area contributed by atoms with Crippen LogP contribution in [0.15, 0.2) is 48.5 Å². The maximum absolute atomic E-state index is 6.90. The molecule has 0 heterocycles. The molecule has 2 aromatic rings. The molecule has 5 heteroatoms. The van der Waals surface area contributed by atoms with Gasteiger partial charge in [0, 0.05) is 26.4 Å². The van der Waals surface area contributed by atoms with Crippen molar-refractivity contribution >= 4 is 14.8 Å². The summed E-state index contributed by atoms with van der Waals surface area (Å²) in [5.41, 5.74) is 2.41. The Morgan fingerprint density at radius 1 is 0.641 bits per heavy atom. The average Bonchev–Trinajstić information content (AvgIpc) is 2.88. The fraction of sp³-hybridized carbons (Fsp3) is 0.647. The van der Waals surface area contributed by atoms with Gasteiger partial charge in [-0.1, -0.05) is 97.7 Å². The smallest absolute Gasteiger partial charge is 0.612 e. The van der Waals surface area contributed by atoms with Gasteiger partial charge in [-0.2, -0.15) is 0 Å². The number of rotatable bonds is 17. The highest BCUT2D eigenvalue weighted by molar-refractivity contribution is 6.46. The van der Waals surface area contributed by atoms with Gasteiger partial charge in [0.25, 0.3) is 0 Å². The third-order valence-corrected chi connectivity index (χ3v) is 9.44. The molecular formula is C34H55AlO4. The zero-order chi connectivity index (χ0) is 28.9. The third kappa shape index (κ3) is 11.9. The second-order valence-corrected chi connectivity index (χ2v) is 14.6. The standard InChI is InChI=1S/C14H29O2.2C10H14O.Al/c1-5-14(12-16-7-3)10-8-9-13(4)11-15-6-2;2*1-10(2,3)8-6-4-5-7-9(8)11;/h13-14H,4-12H2,1-3H3;2*4-7,11H,1-3H3;/q;;;+2/p-2. The monoisotopic (exact) mass is 554 g/mol. The molecule has 0 aliphatic heterocycles. The molecule has 0 aliphatic carbocycles. The summed E-state index contributed by atoms with van der Waals surface area (Å²) in [5, 5.41) is 0.902. The maximum atomic E-state index is 6.90. The Hall–Kier alpha value is -1.51. The molecule has 0 saturated heterocycles. The lowest BCUT2D eigenvalue weighted by Gasteiger charge is -2.29. The summed E-state index contributed by atoms with van der Waals surface area (Å²) in [5.74, 6) is 2.92. The molecule has 0 bridgehead atoms. The minimum Gasteiger partial charge on any atom is -0.612 e. The van der Waals surface area contributed by atoms with E-state index in [2.05, 4.69) is 111 Å². The van der Waals surface area contributed by atoms with Crippen LogP contribution in [0, 0.1) is 11.8 Å². The third-order valence-electron chi connectivity index (χ3n) is 7.35. The van der Waals surface area contributed by atoms with E-state index in [4.69, 9.17) is 17.1 Å². The number of hydrogen-bond acceptors (Lipinski definition) is 4. The van der Waals surface area contributed by atoms with Gasteiger partial charge in [0.2, 0.25) is 0 Å². The van der Waals surface area contributed by atoms with Gasteiger partial charge in [-0.25, -0.2) is 0 Å². The molecule has 0 aromatic heterocycles. The van der Waals surface area contributed by atoms with Crippen LogP contribution >= 0.6 is 0 Å². The Balaban J connectivity index is 2.31. The normalized spacial score (nSPS) is 13.7. The number of ether oxygens (including phenoxy) is 2. The van der Waals surface area contributed by atoms with Crippen LogP contribution in [-0.4, -0.2) is 41.2 Å². The number of hydrogen-bond donors (Lipinski definition) is 0. The molecule has 0 saturated carbocycles. The van der Waals surface area contributed by atoms with Crippen molar-refractivity contribution in [2.45, 2.75) is 104 Å². The zero-order valence-electron chi connectivity index (χ0n) is 26.3. The van der Waals surface area contributed by atoms with E-state index in [9.17, 15) is 0 Å². The van der Waals surface area contributed by atoms with Crippen molar-refractivity contribution in [3.8, 4) is 11.5 Å². The Morgan fingerprint density at radius 3 is 1.51 bits per heavy atom. The van der Waals surface area contributed by atoms with E-state index in [1.54, 1.807) is 0 Å². The molecule has 39 heavy (non-hydrogen) atoms. The zero-order valence-corrected chi connectivity index (χ0v) is 27.5. The van der Waals surface area contributed by atoms with E-state index in [0.717, 1.165) is 56.1 Å². The van der Waals surface area contributed by atoms with E-state index in [1.165, 1.54) is 24.0 Å². The van der Waals surface area contributed by atoms with Gasteiger partial charge in [0.05, 0.1) is 11.5 Å². The molecule has 0 aliphatic rings. The molecule has 0 N–H and O–H groups in total. The Bertz CT molecular complexity index is 887. The summed E-state index contributed by atoms with van der Waals surface area (Å²) in [6.45, 7) is 23.0. The highest BCUT2D eigenvalue weighted by atomic mass is 27.2. The van der Waals surface area contributed by atoms with Gasteiger partial charge in [-0.3, -0.25) is 0 Å². The van der Waals surface area contributed by atoms with Crippen molar-refractivity contribution in [3.63, 3.8) is 0 Å². The van der Waals surface area contributed by atoms with Crippen molar-refractivity contribution < 1.29 is 17.1 Å². The van der Waals surface area contributed by atoms with Gasteiger partial charge in [0.15, 0.2) is 0 Å². The lowest BCUT2D eigenvalue weighted by Crippen LogP contribution is -2.35. The Kier molecular flexibility index (Phi) is 14.4. The minimum atomic E-state index is -2.19. The van der Waals surface area contributed by atoms with Gasteiger partial charge in [-0.15, -0.1) is 0 Å². The topological polar surface area (TPSA) is 36.9 Å². The van der Waals surface area contributed by atoms with Gasteiger partial charge >= 0.3 is 14.8 Å². The van der Waals surface area contributed by atoms with Gasteiger partial charge in [-0.05, 0) is 77.9 Å². The van der Waals surface area contributed by atoms with Gasteiger partial charge < -0.3 is 17.1 Å². The van der Waals surface area contributed by atoms with E-state index in [-0.39, 0.29) is 10.8 Å². The van der Waals surface area contributed by atoms with Crippen molar-refractivity contribution in [2.24, 2.45) is 11.8 Å². The molecule has 218 valence electrons. The molecule has 2 atom stereocenters. The maximum Gasteiger partial charge on any atom is 0.857 e. The summed E-state index contributed by atoms with van der Waals surface area (Å²) in [6, 6.07) is 16.9. The first-order valence-electron chi connectivity index (χ1n) is 15.2. The second kappa shape index (κ2) is 16.7. The van der Waals surface area contributed by atoms with Crippen molar-refractivity contribution in [2.75, 3.05) is 26.4 Å². The number of para-hydroxylation sites is 2. The largest absolute Gasteiger partial charge is 0.857 e. The lowest BCUT2D eigenvalue weighted by molar-refractivity contribution is 0.0968. The lowest BCUT2D eigenvalue weighted by atomic mass is 9.86. The highest BCUT2D eigenvalue weighted by Crippen LogP contribution is 2.35. The van der Waals surface area contributed by atoms with Crippen LogP contribution in [0.1, 0.15) is 99.1 Å². The quantitative estimate of drug-likeness (QED) is 0.183. The summed E-state index contributed by atoms with van der Waals surface area (Å²) < 4.78 is 25.5. The van der Waals surface area contributed by atoms with Crippen LogP contribution in [-0.2, 0) is 20.3 Å². The van der Waals surface area contributed by atoms with E-state index in [0.29, 0.717) is 11.8 Å². The van der Waals surface area contributed by atoms with Crippen molar-refractivity contribution in [3.05, 3.63) is 59.7 Å². The molecular weight excluding hydrogens is 499 g/mol. The van der Waals surface area contributed by atoms with Crippen LogP contribution < -0.4 is 7.58 Å². The fourth-order valence-electron chi connectivity index (χ4n) is 4.99. The van der Waals surface area contributed by atoms with Crippen molar-refractivity contribution in [1.29, 1.82) is 0 Å². The first-order valence-corrected chi connectivity index (χ1v) is 16.9.